The summed E-state index contributed by atoms with van der Waals surface area (Å²) >= 11 is 0. The molecule has 84 valence electrons. The zero-order valence-corrected chi connectivity index (χ0v) is 9.00. The van der Waals surface area contributed by atoms with Crippen LogP contribution in [-0.4, -0.2) is 17.1 Å². The number of hydrogen-bond donors (Lipinski definition) is 1. The molecule has 0 spiro atoms. The normalized spacial score (nSPS) is 13.9. The van der Waals surface area contributed by atoms with E-state index in [1.54, 1.807) is 25.1 Å². The van der Waals surface area contributed by atoms with Crippen LogP contribution in [0.15, 0.2) is 24.3 Å². The summed E-state index contributed by atoms with van der Waals surface area (Å²) in [6.45, 7) is 2.59. The van der Waals surface area contributed by atoms with E-state index in [1.807, 2.05) is 6.07 Å². The van der Waals surface area contributed by atoms with Crippen molar-refractivity contribution < 1.29 is 13.9 Å². The molecule has 0 aliphatic heterocycles. The smallest absolute Gasteiger partial charge is 0.249 e. The second-order valence-electron chi connectivity index (χ2n) is 4.12. The van der Waals surface area contributed by atoms with Crippen LogP contribution in [-0.2, 0) is 12.8 Å². The highest BCUT2D eigenvalue weighted by molar-refractivity contribution is 5.24. The van der Waals surface area contributed by atoms with Crippen LogP contribution in [0.1, 0.15) is 25.0 Å². The number of aliphatic hydroxyl groups is 1. The van der Waals surface area contributed by atoms with Gasteiger partial charge in [0.1, 0.15) is 0 Å². The van der Waals surface area contributed by atoms with E-state index in [0.717, 1.165) is 12.5 Å². The van der Waals surface area contributed by atoms with Crippen molar-refractivity contribution in [3.63, 3.8) is 0 Å². The first-order valence-electron chi connectivity index (χ1n) is 5.00. The molecule has 0 aliphatic carbocycles. The van der Waals surface area contributed by atoms with Crippen LogP contribution < -0.4 is 0 Å². The molecular weight excluding hydrogens is 198 g/mol. The van der Waals surface area contributed by atoms with Crippen LogP contribution in [0.25, 0.3) is 0 Å². The highest BCUT2D eigenvalue weighted by Crippen LogP contribution is 2.19. The Morgan fingerprint density at radius 1 is 1.33 bits per heavy atom. The van der Waals surface area contributed by atoms with Gasteiger partial charge in [0.15, 0.2) is 0 Å². The lowest BCUT2D eigenvalue weighted by Crippen LogP contribution is -2.14. The fourth-order valence-corrected chi connectivity index (χ4v) is 1.57. The third kappa shape index (κ3) is 4.88. The van der Waals surface area contributed by atoms with Crippen LogP contribution in [0, 0.1) is 0 Å². The molecule has 0 amide bonds. The standard InChI is InChI=1S/C12H16F2O/c1-9(15)6-10-4-3-5-11(7-10)8-12(2,13)14/h3-5,7,9,15H,6,8H2,1-2H3. The van der Waals surface area contributed by atoms with Gasteiger partial charge in [-0.3, -0.25) is 0 Å². The summed E-state index contributed by atoms with van der Waals surface area (Å²) in [4.78, 5) is 0. The fourth-order valence-electron chi connectivity index (χ4n) is 1.57. The summed E-state index contributed by atoms with van der Waals surface area (Å²) in [7, 11) is 0. The molecule has 1 nitrogen and oxygen atoms in total. The van der Waals surface area contributed by atoms with E-state index in [2.05, 4.69) is 0 Å². The third-order valence-electron chi connectivity index (χ3n) is 2.04. The molecule has 0 saturated carbocycles. The van der Waals surface area contributed by atoms with Crippen molar-refractivity contribution >= 4 is 0 Å². The van der Waals surface area contributed by atoms with Crippen molar-refractivity contribution in [2.24, 2.45) is 0 Å². The van der Waals surface area contributed by atoms with E-state index in [0.29, 0.717) is 12.0 Å². The highest BCUT2D eigenvalue weighted by Gasteiger charge is 2.21. The average molecular weight is 214 g/mol. The summed E-state index contributed by atoms with van der Waals surface area (Å²) in [6.07, 6.45) is -0.188. The largest absolute Gasteiger partial charge is 0.393 e. The zero-order valence-electron chi connectivity index (χ0n) is 9.00. The minimum absolute atomic E-state index is 0.249. The number of aliphatic hydroxyl groups excluding tert-OH is 1. The molecule has 0 aliphatic rings. The van der Waals surface area contributed by atoms with E-state index in [1.165, 1.54) is 0 Å². The Morgan fingerprint density at radius 3 is 2.47 bits per heavy atom. The lowest BCUT2D eigenvalue weighted by Gasteiger charge is -2.11. The number of hydrogen-bond acceptors (Lipinski definition) is 1. The fraction of sp³-hybridized carbons (Fsp3) is 0.500. The first-order chi connectivity index (χ1) is 6.87. The maximum absolute atomic E-state index is 12.8. The van der Waals surface area contributed by atoms with Gasteiger partial charge in [0.25, 0.3) is 0 Å². The van der Waals surface area contributed by atoms with Crippen LogP contribution in [0.2, 0.25) is 0 Å². The van der Waals surface area contributed by atoms with E-state index < -0.39 is 12.0 Å². The molecule has 0 saturated heterocycles. The predicted molar refractivity (Wildman–Crippen MR) is 56.2 cm³/mol. The molecule has 1 aromatic rings. The van der Waals surface area contributed by atoms with Crippen molar-refractivity contribution in [1.82, 2.24) is 0 Å². The number of benzene rings is 1. The summed E-state index contributed by atoms with van der Waals surface area (Å²) in [6, 6.07) is 7.00. The second kappa shape index (κ2) is 4.71. The van der Waals surface area contributed by atoms with Gasteiger partial charge in [-0.1, -0.05) is 24.3 Å². The molecule has 1 aromatic carbocycles. The Labute approximate surface area is 88.7 Å². The molecule has 3 heteroatoms. The van der Waals surface area contributed by atoms with Crippen LogP contribution in [0.5, 0.6) is 0 Å². The Hall–Kier alpha value is -0.960. The van der Waals surface area contributed by atoms with E-state index in [4.69, 9.17) is 0 Å². The van der Waals surface area contributed by atoms with Gasteiger partial charge in [-0.2, -0.15) is 0 Å². The van der Waals surface area contributed by atoms with E-state index >= 15 is 0 Å². The molecule has 1 atom stereocenters. The summed E-state index contributed by atoms with van der Waals surface area (Å²) < 4.78 is 25.5. The van der Waals surface area contributed by atoms with Crippen molar-refractivity contribution in [2.45, 2.75) is 38.7 Å². The Balaban J connectivity index is 2.74. The zero-order chi connectivity index (χ0) is 11.5. The van der Waals surface area contributed by atoms with Gasteiger partial charge in [0.2, 0.25) is 5.92 Å². The molecule has 1 rings (SSSR count). The summed E-state index contributed by atoms with van der Waals surface area (Å²) in [5.74, 6) is -2.68. The molecular formula is C12H16F2O. The number of alkyl halides is 2. The van der Waals surface area contributed by atoms with Gasteiger partial charge >= 0.3 is 0 Å². The van der Waals surface area contributed by atoms with Gasteiger partial charge < -0.3 is 5.11 Å². The van der Waals surface area contributed by atoms with Crippen LogP contribution in [0.3, 0.4) is 0 Å². The first kappa shape index (κ1) is 12.1. The number of halogens is 2. The first-order valence-corrected chi connectivity index (χ1v) is 5.00. The van der Waals surface area contributed by atoms with Crippen LogP contribution in [0.4, 0.5) is 8.78 Å². The third-order valence-corrected chi connectivity index (χ3v) is 2.04. The minimum Gasteiger partial charge on any atom is -0.393 e. The molecule has 1 N–H and O–H groups in total. The van der Waals surface area contributed by atoms with Crippen molar-refractivity contribution in [3.05, 3.63) is 35.4 Å². The summed E-state index contributed by atoms with van der Waals surface area (Å²) in [5, 5.41) is 9.18. The van der Waals surface area contributed by atoms with Crippen LogP contribution >= 0.6 is 0 Å². The molecule has 0 fully saturated rings. The van der Waals surface area contributed by atoms with E-state index in [9.17, 15) is 13.9 Å². The van der Waals surface area contributed by atoms with Crippen molar-refractivity contribution in [1.29, 1.82) is 0 Å². The monoisotopic (exact) mass is 214 g/mol. The molecule has 15 heavy (non-hydrogen) atoms. The van der Waals surface area contributed by atoms with Gasteiger partial charge in [-0.15, -0.1) is 0 Å². The van der Waals surface area contributed by atoms with Crippen molar-refractivity contribution in [2.75, 3.05) is 0 Å². The molecule has 0 bridgehead atoms. The Kier molecular flexibility index (Phi) is 3.80. The van der Waals surface area contributed by atoms with Gasteiger partial charge in [-0.25, -0.2) is 8.78 Å². The maximum Gasteiger partial charge on any atom is 0.249 e. The minimum atomic E-state index is -2.68. The van der Waals surface area contributed by atoms with E-state index in [-0.39, 0.29) is 6.42 Å². The Morgan fingerprint density at radius 2 is 1.93 bits per heavy atom. The topological polar surface area (TPSA) is 20.2 Å². The molecule has 1 unspecified atom stereocenters. The SMILES string of the molecule is CC(O)Cc1cccc(CC(C)(F)F)c1. The maximum atomic E-state index is 12.8. The predicted octanol–water partition coefficient (Wildman–Crippen LogP) is 2.81. The van der Waals surface area contributed by atoms with Crippen molar-refractivity contribution in [3.8, 4) is 0 Å². The van der Waals surface area contributed by atoms with Gasteiger partial charge in [0.05, 0.1) is 6.10 Å². The van der Waals surface area contributed by atoms with Gasteiger partial charge in [0, 0.05) is 6.42 Å². The average Bonchev–Trinajstić information content (AvgIpc) is 1.99. The number of rotatable bonds is 4. The lowest BCUT2D eigenvalue weighted by atomic mass is 10.0. The second-order valence-corrected chi connectivity index (χ2v) is 4.12. The quantitative estimate of drug-likeness (QED) is 0.817. The molecule has 0 heterocycles. The summed E-state index contributed by atoms with van der Waals surface area (Å²) in [5.41, 5.74) is 1.51. The molecule has 0 aromatic heterocycles. The molecule has 0 radical (unpaired) electrons. The highest BCUT2D eigenvalue weighted by atomic mass is 19.3. The van der Waals surface area contributed by atoms with Gasteiger partial charge in [-0.05, 0) is 31.4 Å². The Bertz CT molecular complexity index is 316. The lowest BCUT2D eigenvalue weighted by molar-refractivity contribution is 0.0226.